The molecule has 8 rings (SSSR count). The van der Waals surface area contributed by atoms with Crippen molar-refractivity contribution in [2.45, 2.75) is 52.6 Å². The summed E-state index contributed by atoms with van der Waals surface area (Å²) in [6, 6.07) is 31.1. The molecule has 0 aliphatic rings. The van der Waals surface area contributed by atoms with Crippen LogP contribution in [0.2, 0.25) is 0 Å². The van der Waals surface area contributed by atoms with Gasteiger partial charge in [0.1, 0.15) is 11.4 Å². The van der Waals surface area contributed by atoms with Gasteiger partial charge in [-0.25, -0.2) is 0 Å². The van der Waals surface area contributed by atoms with Crippen LogP contribution in [0.4, 0.5) is 50.4 Å². The molecule has 0 atom stereocenters. The number of aryl methyl sites for hydroxylation is 2. The first-order valence-electron chi connectivity index (χ1n) is 20.1. The zero-order valence-corrected chi connectivity index (χ0v) is 39.8. The number of hydrogen-bond donors (Lipinski definition) is 0. The third-order valence-electron chi connectivity index (χ3n) is 8.12. The van der Waals surface area contributed by atoms with E-state index in [1.54, 1.807) is 24.8 Å². The van der Waals surface area contributed by atoms with Crippen LogP contribution in [0, 0.1) is 0 Å². The molecular formula is C42H42F12N12P2Ru. The van der Waals surface area contributed by atoms with Gasteiger partial charge in [0, 0.05) is 61.4 Å². The molecule has 0 spiro atoms. The molecule has 0 fully saturated rings. The van der Waals surface area contributed by atoms with Gasteiger partial charge in [-0.1, -0.05) is 61.4 Å². The summed E-state index contributed by atoms with van der Waals surface area (Å²) in [6.07, 6.45) is 19.1. The molecule has 12 nitrogen and oxygen atoms in total. The van der Waals surface area contributed by atoms with Gasteiger partial charge < -0.3 is 0 Å². The minimum atomic E-state index is -10.7. The second-order valence-corrected chi connectivity index (χ2v) is 17.9. The van der Waals surface area contributed by atoms with Gasteiger partial charge in [0.25, 0.3) is 0 Å². The van der Waals surface area contributed by atoms with Crippen LogP contribution in [-0.2, 0) is 32.6 Å². The van der Waals surface area contributed by atoms with E-state index in [1.165, 1.54) is 0 Å². The minimum absolute atomic E-state index is 0. The van der Waals surface area contributed by atoms with Gasteiger partial charge in [0.05, 0.1) is 46.6 Å². The standard InChI is InChI=1S/C22H26N8.2C10H8N2.2F6P.Ru/c1-3-5-11-29-15-21(25-27-29)17-7-9-19(23-13-17)20-10-8-18(14-24-20)22-16-30(28-26-22)12-6-4-2;2*1-3-7-11-9(5-1)10-6-2-4-8-12-10;2*1-7(2,3,4,5)6;/h7-10,13-16H,3-6,11-12H2,1-2H3;2*1-8H;;;/q;;;2*-1;+2. The third-order valence-corrected chi connectivity index (χ3v) is 8.12. The molecule has 8 heterocycles. The SMILES string of the molecule is CCCCn1cc(-c2ccc(-c3ccc(-c4cn(CCCC)nn4)cn3)nc2)nn1.F[P-](F)(F)(F)(F)F.F[P-](F)(F)(F)(F)F.[Ru+2].c1ccc(-c2ccccn2)nc1.c1ccc(-c2ccccn2)nc1. The Labute approximate surface area is 400 Å². The van der Waals surface area contributed by atoms with Crippen molar-refractivity contribution in [2.24, 2.45) is 0 Å². The van der Waals surface area contributed by atoms with Crippen molar-refractivity contribution < 1.29 is 69.8 Å². The van der Waals surface area contributed by atoms with Crippen LogP contribution in [0.25, 0.3) is 56.7 Å². The average molecular weight is 1110 g/mol. The Hall–Kier alpha value is -6.18. The minimum Gasteiger partial charge on any atom is -0.255 e. The Bertz CT molecular complexity index is 2440. The maximum atomic E-state index is 9.87. The van der Waals surface area contributed by atoms with Gasteiger partial charge in [0.2, 0.25) is 0 Å². The molecule has 8 aromatic heterocycles. The molecule has 8 aromatic rings. The van der Waals surface area contributed by atoms with Gasteiger partial charge in [-0.2, -0.15) is 0 Å². The number of halogens is 12. The van der Waals surface area contributed by atoms with Crippen molar-refractivity contribution in [1.29, 1.82) is 0 Å². The smallest absolute Gasteiger partial charge is 0.255 e. The van der Waals surface area contributed by atoms with Crippen LogP contribution in [0.5, 0.6) is 0 Å². The maximum absolute atomic E-state index is 10.7. The van der Waals surface area contributed by atoms with Crippen LogP contribution >= 0.6 is 15.6 Å². The summed E-state index contributed by atoms with van der Waals surface area (Å²) in [4.78, 5) is 25.9. The van der Waals surface area contributed by atoms with Gasteiger partial charge in [-0.15, -0.1) is 10.2 Å². The van der Waals surface area contributed by atoms with Crippen molar-refractivity contribution in [3.05, 3.63) is 147 Å². The molecule has 27 heteroatoms. The molecule has 372 valence electrons. The number of rotatable bonds is 11. The van der Waals surface area contributed by atoms with E-state index in [0.717, 1.165) is 95.5 Å². The predicted molar refractivity (Wildman–Crippen MR) is 237 cm³/mol. The van der Waals surface area contributed by atoms with E-state index < -0.39 is 15.6 Å². The zero-order chi connectivity index (χ0) is 50.0. The summed E-state index contributed by atoms with van der Waals surface area (Å²) in [6.45, 7) is 6.10. The van der Waals surface area contributed by atoms with Crippen LogP contribution in [0.15, 0.2) is 147 Å². The zero-order valence-electron chi connectivity index (χ0n) is 36.2. The summed E-state index contributed by atoms with van der Waals surface area (Å²) in [5.74, 6) is 0. The van der Waals surface area contributed by atoms with Crippen LogP contribution in [-0.4, -0.2) is 59.9 Å². The Morgan fingerprint density at radius 3 is 0.870 bits per heavy atom. The molecule has 0 aliphatic heterocycles. The van der Waals surface area contributed by atoms with Gasteiger partial charge in [-0.05, 0) is 85.6 Å². The normalized spacial score (nSPS) is 12.9. The van der Waals surface area contributed by atoms with Crippen molar-refractivity contribution in [2.75, 3.05) is 0 Å². The molecule has 0 N–H and O–H groups in total. The molecule has 0 bridgehead atoms. The fourth-order valence-corrected chi connectivity index (χ4v) is 5.17. The third kappa shape index (κ3) is 26.2. The first-order chi connectivity index (χ1) is 31.6. The molecule has 69 heavy (non-hydrogen) atoms. The Balaban J connectivity index is 0.000000266. The summed E-state index contributed by atoms with van der Waals surface area (Å²) in [7, 11) is -21.3. The largest absolute Gasteiger partial charge is 2.00 e. The van der Waals surface area contributed by atoms with E-state index >= 15 is 0 Å². The van der Waals surface area contributed by atoms with Gasteiger partial charge in [0.15, 0.2) is 0 Å². The maximum Gasteiger partial charge on any atom is 2.00 e. The first-order valence-corrected chi connectivity index (χ1v) is 24.2. The summed E-state index contributed by atoms with van der Waals surface area (Å²) >= 11 is 0. The Kier molecular flexibility index (Phi) is 19.0. The van der Waals surface area contributed by atoms with E-state index in [1.807, 2.05) is 131 Å². The van der Waals surface area contributed by atoms with E-state index in [0.29, 0.717) is 0 Å². The Morgan fingerprint density at radius 2 is 0.652 bits per heavy atom. The molecule has 0 aromatic carbocycles. The summed E-state index contributed by atoms with van der Waals surface area (Å²) in [5.41, 5.74) is 8.85. The van der Waals surface area contributed by atoms with Crippen molar-refractivity contribution in [3.63, 3.8) is 0 Å². The van der Waals surface area contributed by atoms with Crippen LogP contribution in [0.1, 0.15) is 39.5 Å². The quantitative estimate of drug-likeness (QED) is 0.0699. The Morgan fingerprint density at radius 1 is 0.377 bits per heavy atom. The van der Waals surface area contributed by atoms with E-state index in [-0.39, 0.29) is 19.5 Å². The fraction of sp³-hybridized carbons (Fsp3) is 0.190. The molecular weight excluding hydrogens is 1060 g/mol. The number of nitrogens with zero attached hydrogens (tertiary/aromatic N) is 12. The van der Waals surface area contributed by atoms with Crippen molar-refractivity contribution in [1.82, 2.24) is 59.9 Å². The number of aromatic nitrogens is 12. The summed E-state index contributed by atoms with van der Waals surface area (Å²) in [5, 5.41) is 16.9. The topological polar surface area (TPSA) is 139 Å². The fourth-order valence-electron chi connectivity index (χ4n) is 5.17. The molecule has 0 amide bonds. The predicted octanol–water partition coefficient (Wildman–Crippen LogP) is 15.3. The van der Waals surface area contributed by atoms with Crippen LogP contribution in [0.3, 0.4) is 0 Å². The molecule has 0 radical (unpaired) electrons. The van der Waals surface area contributed by atoms with E-state index in [4.69, 9.17) is 0 Å². The van der Waals surface area contributed by atoms with Gasteiger partial charge in [-0.3, -0.25) is 39.3 Å². The van der Waals surface area contributed by atoms with Gasteiger partial charge >= 0.3 is 85.5 Å². The van der Waals surface area contributed by atoms with E-state index in [9.17, 15) is 50.4 Å². The molecule has 0 saturated carbocycles. The number of unbranched alkanes of at least 4 members (excludes halogenated alkanes) is 2. The number of pyridine rings is 6. The van der Waals surface area contributed by atoms with E-state index in [2.05, 4.69) is 64.4 Å². The average Bonchev–Trinajstić information content (AvgIpc) is 3.98. The molecule has 0 saturated heterocycles. The van der Waals surface area contributed by atoms with Crippen LogP contribution < -0.4 is 0 Å². The second-order valence-electron chi connectivity index (χ2n) is 14.1. The molecule has 0 unspecified atom stereocenters. The van der Waals surface area contributed by atoms with Crippen molar-refractivity contribution in [3.8, 4) is 56.7 Å². The molecule has 0 aliphatic carbocycles. The second kappa shape index (κ2) is 23.0. The van der Waals surface area contributed by atoms with Crippen molar-refractivity contribution >= 4 is 15.6 Å². The summed E-state index contributed by atoms with van der Waals surface area (Å²) < 4.78 is 122. The first kappa shape index (κ1) is 57.1. The monoisotopic (exact) mass is 1110 g/mol. The number of hydrogen-bond acceptors (Lipinski definition) is 10.